The van der Waals surface area contributed by atoms with Crippen LogP contribution in [0.25, 0.3) is 0 Å². The average Bonchev–Trinajstić information content (AvgIpc) is 2.15. The van der Waals surface area contributed by atoms with Gasteiger partial charge < -0.3 is 0 Å². The van der Waals surface area contributed by atoms with Crippen molar-refractivity contribution in [1.29, 1.82) is 0 Å². The fourth-order valence-electron chi connectivity index (χ4n) is 1.13. The number of hydrogen-bond donors (Lipinski definition) is 1. The number of rotatable bonds is 4. The summed E-state index contributed by atoms with van der Waals surface area (Å²) >= 11 is 9.12. The molecule has 0 spiro atoms. The number of sulfonamides is 1. The Kier molecular flexibility index (Phi) is 5.19. The quantitative estimate of drug-likeness (QED) is 0.856. The van der Waals surface area contributed by atoms with Gasteiger partial charge in [0.15, 0.2) is 0 Å². The Bertz CT molecular complexity index is 536. The predicted octanol–water partition coefficient (Wildman–Crippen LogP) is 3.35. The van der Waals surface area contributed by atoms with Crippen LogP contribution in [-0.4, -0.2) is 15.0 Å². The maximum Gasteiger partial charge on any atom is 0.242 e. The van der Waals surface area contributed by atoms with E-state index >= 15 is 0 Å². The van der Waals surface area contributed by atoms with Gasteiger partial charge in [0.05, 0.1) is 5.02 Å². The lowest BCUT2D eigenvalue weighted by molar-refractivity contribution is 0.585. The van der Waals surface area contributed by atoms with Crippen LogP contribution in [-0.2, 0) is 10.0 Å². The molecule has 17 heavy (non-hydrogen) atoms. The van der Waals surface area contributed by atoms with Gasteiger partial charge in [0.25, 0.3) is 0 Å². The normalized spacial score (nSPS) is 11.3. The molecule has 0 bridgehead atoms. The van der Waals surface area contributed by atoms with Crippen LogP contribution in [0.3, 0.4) is 0 Å². The summed E-state index contributed by atoms with van der Waals surface area (Å²) in [7, 11) is -3.55. The van der Waals surface area contributed by atoms with E-state index < -0.39 is 10.0 Å². The summed E-state index contributed by atoms with van der Waals surface area (Å²) in [6.45, 7) is 4.07. The first kappa shape index (κ1) is 14.7. The summed E-state index contributed by atoms with van der Waals surface area (Å²) in [5.41, 5.74) is 1.05. The zero-order valence-corrected chi connectivity index (χ0v) is 12.7. The monoisotopic (exact) mass is 337 g/mol. The number of allylic oxidation sites excluding steroid dienone is 1. The van der Waals surface area contributed by atoms with Gasteiger partial charge in [-0.2, -0.15) is 0 Å². The van der Waals surface area contributed by atoms with Crippen molar-refractivity contribution in [3.05, 3.63) is 39.3 Å². The lowest BCUT2D eigenvalue weighted by Crippen LogP contribution is -2.24. The van der Waals surface area contributed by atoms with Crippen LogP contribution in [0.5, 0.6) is 0 Å². The summed E-state index contributed by atoms with van der Waals surface area (Å²) in [4.78, 5) is 0.0875. The maximum absolute atomic E-state index is 11.9. The molecular weight excluding hydrogens is 326 g/mol. The van der Waals surface area contributed by atoms with Crippen molar-refractivity contribution in [3.63, 3.8) is 0 Å². The van der Waals surface area contributed by atoms with Crippen LogP contribution >= 0.6 is 27.5 Å². The van der Waals surface area contributed by atoms with E-state index in [1.807, 2.05) is 13.8 Å². The standard InChI is InChI=1S/C11H13BrClNO2S/c1-8(2)5-6-14-17(15,16)11-4-3-9(12)7-10(11)13/h3-5,7,14H,6H2,1-2H3. The molecule has 1 rings (SSSR count). The Morgan fingerprint density at radius 1 is 1.47 bits per heavy atom. The lowest BCUT2D eigenvalue weighted by atomic mass is 10.3. The molecule has 1 N–H and O–H groups in total. The highest BCUT2D eigenvalue weighted by atomic mass is 79.9. The van der Waals surface area contributed by atoms with Crippen LogP contribution in [0.1, 0.15) is 13.8 Å². The van der Waals surface area contributed by atoms with Gasteiger partial charge in [-0.1, -0.05) is 39.2 Å². The summed E-state index contributed by atoms with van der Waals surface area (Å²) in [6, 6.07) is 4.66. The second kappa shape index (κ2) is 6.00. The topological polar surface area (TPSA) is 46.2 Å². The van der Waals surface area contributed by atoms with Gasteiger partial charge in [-0.3, -0.25) is 0 Å². The first-order valence-electron chi connectivity index (χ1n) is 4.91. The van der Waals surface area contributed by atoms with E-state index in [0.29, 0.717) is 0 Å². The highest BCUT2D eigenvalue weighted by Gasteiger charge is 2.16. The minimum atomic E-state index is -3.55. The highest BCUT2D eigenvalue weighted by molar-refractivity contribution is 9.10. The number of halogens is 2. The minimum absolute atomic E-state index is 0.0875. The molecule has 0 fully saturated rings. The molecule has 0 radical (unpaired) electrons. The van der Waals surface area contributed by atoms with Gasteiger partial charge >= 0.3 is 0 Å². The van der Waals surface area contributed by atoms with Crippen molar-refractivity contribution in [2.24, 2.45) is 0 Å². The van der Waals surface area contributed by atoms with Crippen LogP contribution in [0.15, 0.2) is 39.2 Å². The van der Waals surface area contributed by atoms with Crippen LogP contribution in [0.4, 0.5) is 0 Å². The average molecular weight is 339 g/mol. The Hall–Kier alpha value is -0.360. The lowest BCUT2D eigenvalue weighted by Gasteiger charge is -2.07. The molecule has 0 aliphatic rings. The van der Waals surface area contributed by atoms with Gasteiger partial charge in [0.1, 0.15) is 4.90 Å². The highest BCUT2D eigenvalue weighted by Crippen LogP contribution is 2.24. The van der Waals surface area contributed by atoms with Crippen molar-refractivity contribution in [2.45, 2.75) is 18.7 Å². The second-order valence-corrected chi connectivity index (χ2v) is 6.77. The smallest absolute Gasteiger partial charge is 0.207 e. The van der Waals surface area contributed by atoms with Crippen molar-refractivity contribution >= 4 is 37.6 Å². The molecular formula is C11H13BrClNO2S. The molecule has 0 aliphatic heterocycles. The summed E-state index contributed by atoms with van der Waals surface area (Å²) < 4.78 is 27.0. The van der Waals surface area contributed by atoms with E-state index in [4.69, 9.17) is 11.6 Å². The van der Waals surface area contributed by atoms with E-state index in [1.54, 1.807) is 18.2 Å². The zero-order chi connectivity index (χ0) is 13.1. The number of hydrogen-bond acceptors (Lipinski definition) is 2. The van der Waals surface area contributed by atoms with Gasteiger partial charge in [-0.25, -0.2) is 13.1 Å². The van der Waals surface area contributed by atoms with Crippen molar-refractivity contribution < 1.29 is 8.42 Å². The minimum Gasteiger partial charge on any atom is -0.207 e. The fourth-order valence-corrected chi connectivity index (χ4v) is 3.13. The van der Waals surface area contributed by atoms with E-state index in [0.717, 1.165) is 10.0 Å². The molecule has 0 saturated heterocycles. The molecule has 1 aromatic rings. The third kappa shape index (κ3) is 4.43. The zero-order valence-electron chi connectivity index (χ0n) is 9.50. The van der Waals surface area contributed by atoms with Crippen molar-refractivity contribution in [1.82, 2.24) is 4.72 Å². The Morgan fingerprint density at radius 3 is 2.65 bits per heavy atom. The molecule has 3 nitrogen and oxygen atoms in total. The SMILES string of the molecule is CC(C)=CCNS(=O)(=O)c1ccc(Br)cc1Cl. The van der Waals surface area contributed by atoms with Crippen LogP contribution < -0.4 is 4.72 Å². The molecule has 0 amide bonds. The summed E-state index contributed by atoms with van der Waals surface area (Å²) in [5, 5.41) is 0.198. The number of nitrogens with one attached hydrogen (secondary N) is 1. The van der Waals surface area contributed by atoms with E-state index in [9.17, 15) is 8.42 Å². The largest absolute Gasteiger partial charge is 0.242 e. The molecule has 0 unspecified atom stereocenters. The Morgan fingerprint density at radius 2 is 2.12 bits per heavy atom. The van der Waals surface area contributed by atoms with E-state index in [-0.39, 0.29) is 16.5 Å². The van der Waals surface area contributed by atoms with Crippen LogP contribution in [0.2, 0.25) is 5.02 Å². The second-order valence-electron chi connectivity index (χ2n) is 3.71. The molecule has 6 heteroatoms. The van der Waals surface area contributed by atoms with Crippen LogP contribution in [0, 0.1) is 0 Å². The van der Waals surface area contributed by atoms with Gasteiger partial charge in [-0.05, 0) is 32.0 Å². The Labute approximate surface area is 115 Å². The molecule has 0 saturated carbocycles. The van der Waals surface area contributed by atoms with Gasteiger partial charge in [0.2, 0.25) is 10.0 Å². The van der Waals surface area contributed by atoms with Crippen molar-refractivity contribution in [2.75, 3.05) is 6.54 Å². The number of benzene rings is 1. The molecule has 94 valence electrons. The van der Waals surface area contributed by atoms with E-state index in [1.165, 1.54) is 6.07 Å². The fraction of sp³-hybridized carbons (Fsp3) is 0.273. The van der Waals surface area contributed by atoms with Gasteiger partial charge in [0, 0.05) is 11.0 Å². The van der Waals surface area contributed by atoms with E-state index in [2.05, 4.69) is 20.7 Å². The molecule has 1 aromatic carbocycles. The first-order valence-corrected chi connectivity index (χ1v) is 7.56. The first-order chi connectivity index (χ1) is 7.83. The third-order valence-corrected chi connectivity index (χ3v) is 4.37. The predicted molar refractivity (Wildman–Crippen MR) is 73.8 cm³/mol. The molecule has 0 aromatic heterocycles. The maximum atomic E-state index is 11.9. The van der Waals surface area contributed by atoms with Crippen molar-refractivity contribution in [3.8, 4) is 0 Å². The summed E-state index contributed by atoms with van der Waals surface area (Å²) in [6.07, 6.45) is 1.80. The molecule has 0 heterocycles. The third-order valence-electron chi connectivity index (χ3n) is 1.97. The van der Waals surface area contributed by atoms with Gasteiger partial charge in [-0.15, -0.1) is 0 Å². The Balaban J connectivity index is 2.94. The summed E-state index contributed by atoms with van der Waals surface area (Å²) in [5.74, 6) is 0. The molecule has 0 atom stereocenters. The molecule has 0 aliphatic carbocycles.